The first-order chi connectivity index (χ1) is 9.56. The van der Waals surface area contributed by atoms with Crippen molar-refractivity contribution >= 4 is 11.9 Å². The predicted octanol–water partition coefficient (Wildman–Crippen LogP) is 3.67. The van der Waals surface area contributed by atoms with Crippen LogP contribution < -0.4 is 0 Å². The Morgan fingerprint density at radius 3 is 2.40 bits per heavy atom. The van der Waals surface area contributed by atoms with Gasteiger partial charge in [-0.1, -0.05) is 30.3 Å². The quantitative estimate of drug-likeness (QED) is 0.800. The minimum Gasteiger partial charge on any atom is -0.449 e. The molecule has 2 rings (SSSR count). The first-order valence-corrected chi connectivity index (χ1v) is 6.51. The number of aromatic nitrogens is 1. The summed E-state index contributed by atoms with van der Waals surface area (Å²) in [5, 5.41) is 0. The molecule has 0 aliphatic carbocycles. The molecule has 20 heavy (non-hydrogen) atoms. The number of ketones is 1. The fourth-order valence-corrected chi connectivity index (χ4v) is 2.28. The number of carbonyl (C=O) groups excluding carboxylic acids is 2. The van der Waals surface area contributed by atoms with Gasteiger partial charge in [-0.15, -0.1) is 0 Å². The van der Waals surface area contributed by atoms with Crippen molar-refractivity contribution in [3.63, 3.8) is 0 Å². The van der Waals surface area contributed by atoms with Crippen molar-refractivity contribution in [1.82, 2.24) is 4.57 Å². The number of benzene rings is 1. The molecular weight excluding hydrogens is 254 g/mol. The van der Waals surface area contributed by atoms with Crippen molar-refractivity contribution in [3.05, 3.63) is 47.8 Å². The Morgan fingerprint density at radius 1 is 1.20 bits per heavy atom. The molecule has 0 unspecified atom stereocenters. The summed E-state index contributed by atoms with van der Waals surface area (Å²) in [5.41, 5.74) is 3.00. The summed E-state index contributed by atoms with van der Waals surface area (Å²) in [4.78, 5) is 23.8. The van der Waals surface area contributed by atoms with Crippen LogP contribution in [-0.4, -0.2) is 23.1 Å². The lowest BCUT2D eigenvalue weighted by Crippen LogP contribution is -2.17. The van der Waals surface area contributed by atoms with Gasteiger partial charge in [-0.25, -0.2) is 9.36 Å². The van der Waals surface area contributed by atoms with E-state index in [9.17, 15) is 9.59 Å². The van der Waals surface area contributed by atoms with Crippen LogP contribution in [0, 0.1) is 6.92 Å². The predicted molar refractivity (Wildman–Crippen MR) is 77.0 cm³/mol. The van der Waals surface area contributed by atoms with Gasteiger partial charge in [0.2, 0.25) is 0 Å². The Labute approximate surface area is 118 Å². The maximum absolute atomic E-state index is 12.0. The van der Waals surface area contributed by atoms with Crippen molar-refractivity contribution in [3.8, 4) is 11.1 Å². The number of nitrogens with zero attached hydrogens (tertiary/aromatic N) is 1. The molecule has 0 aliphatic rings. The zero-order valence-corrected chi connectivity index (χ0v) is 11.8. The third-order valence-electron chi connectivity index (χ3n) is 3.14. The van der Waals surface area contributed by atoms with Crippen LogP contribution in [-0.2, 0) is 4.74 Å². The van der Waals surface area contributed by atoms with E-state index in [0.29, 0.717) is 5.69 Å². The van der Waals surface area contributed by atoms with E-state index in [2.05, 4.69) is 0 Å². The minimum atomic E-state index is -0.525. The molecule has 2 aromatic rings. The smallest absolute Gasteiger partial charge is 0.418 e. The second-order valence-corrected chi connectivity index (χ2v) is 4.51. The molecule has 0 N–H and O–H groups in total. The van der Waals surface area contributed by atoms with Gasteiger partial charge in [0.25, 0.3) is 0 Å². The highest BCUT2D eigenvalue weighted by Gasteiger charge is 2.21. The summed E-state index contributed by atoms with van der Waals surface area (Å²) in [6.07, 6.45) is 1.14. The number of ether oxygens (including phenoxy) is 1. The molecule has 1 aromatic heterocycles. The monoisotopic (exact) mass is 271 g/mol. The van der Waals surface area contributed by atoms with Gasteiger partial charge < -0.3 is 4.74 Å². The lowest BCUT2D eigenvalue weighted by molar-refractivity contribution is 0.0998. The Hall–Kier alpha value is -2.36. The van der Waals surface area contributed by atoms with Crippen LogP contribution in [0.25, 0.3) is 11.1 Å². The van der Waals surface area contributed by atoms with Gasteiger partial charge in [0, 0.05) is 18.7 Å². The maximum atomic E-state index is 12.0. The fourth-order valence-electron chi connectivity index (χ4n) is 2.28. The number of carbonyl (C=O) groups is 2. The molecule has 0 fully saturated rings. The molecule has 0 radical (unpaired) electrons. The van der Waals surface area contributed by atoms with Gasteiger partial charge in [-0.2, -0.15) is 0 Å². The van der Waals surface area contributed by atoms with Crippen molar-refractivity contribution in [2.45, 2.75) is 20.8 Å². The van der Waals surface area contributed by atoms with Gasteiger partial charge in [-0.05, 0) is 25.0 Å². The van der Waals surface area contributed by atoms with Crippen molar-refractivity contribution < 1.29 is 14.3 Å². The fraction of sp³-hybridized carbons (Fsp3) is 0.250. The molecule has 0 aliphatic heterocycles. The number of rotatable bonds is 3. The van der Waals surface area contributed by atoms with E-state index in [0.717, 1.165) is 16.7 Å². The van der Waals surface area contributed by atoms with E-state index in [1.165, 1.54) is 11.5 Å². The highest BCUT2D eigenvalue weighted by Crippen LogP contribution is 2.28. The molecule has 0 amide bonds. The van der Waals surface area contributed by atoms with Crippen LogP contribution >= 0.6 is 0 Å². The molecule has 0 saturated carbocycles. The van der Waals surface area contributed by atoms with Crippen LogP contribution in [0.4, 0.5) is 4.79 Å². The zero-order valence-electron chi connectivity index (χ0n) is 11.8. The SMILES string of the molecule is CCOC(=O)n1cc(-c2ccccc2)c(C)c1C(C)=O. The molecule has 0 spiro atoms. The number of hydrogen-bond acceptors (Lipinski definition) is 3. The van der Waals surface area contributed by atoms with E-state index >= 15 is 0 Å². The second-order valence-electron chi connectivity index (χ2n) is 4.51. The lowest BCUT2D eigenvalue weighted by atomic mass is 10.0. The van der Waals surface area contributed by atoms with Gasteiger partial charge in [0.15, 0.2) is 5.78 Å². The van der Waals surface area contributed by atoms with Crippen LogP contribution in [0.1, 0.15) is 29.9 Å². The molecular formula is C16H17NO3. The number of Topliss-reactive ketones (excluding diaryl/α,β-unsaturated/α-hetero) is 1. The summed E-state index contributed by atoms with van der Waals surface area (Å²) in [5.74, 6) is -0.155. The molecule has 104 valence electrons. The van der Waals surface area contributed by atoms with E-state index in [-0.39, 0.29) is 12.4 Å². The normalized spacial score (nSPS) is 10.3. The summed E-state index contributed by atoms with van der Waals surface area (Å²) in [6, 6.07) is 9.66. The highest BCUT2D eigenvalue weighted by molar-refractivity contribution is 5.99. The standard InChI is InChI=1S/C16H17NO3/c1-4-20-16(19)17-10-14(11(2)15(17)12(3)18)13-8-6-5-7-9-13/h5-10H,4H2,1-3H3. The van der Waals surface area contributed by atoms with Crippen molar-refractivity contribution in [1.29, 1.82) is 0 Å². The molecule has 0 saturated heterocycles. The van der Waals surface area contributed by atoms with Gasteiger partial charge >= 0.3 is 6.09 Å². The Bertz CT molecular complexity index is 641. The van der Waals surface area contributed by atoms with Gasteiger partial charge in [-0.3, -0.25) is 4.79 Å². The van der Waals surface area contributed by atoms with E-state index in [1.807, 2.05) is 37.3 Å². The Morgan fingerprint density at radius 2 is 1.85 bits per heavy atom. The second kappa shape index (κ2) is 5.74. The van der Waals surface area contributed by atoms with Gasteiger partial charge in [0.1, 0.15) is 0 Å². The molecule has 4 heteroatoms. The highest BCUT2D eigenvalue weighted by atomic mass is 16.5. The lowest BCUT2D eigenvalue weighted by Gasteiger charge is -2.05. The van der Waals surface area contributed by atoms with Gasteiger partial charge in [0.05, 0.1) is 12.3 Å². The summed E-state index contributed by atoms with van der Waals surface area (Å²) >= 11 is 0. The molecule has 0 bridgehead atoms. The number of hydrogen-bond donors (Lipinski definition) is 0. The average Bonchev–Trinajstić information content (AvgIpc) is 2.78. The van der Waals surface area contributed by atoms with E-state index < -0.39 is 6.09 Å². The van der Waals surface area contributed by atoms with Crippen LogP contribution in [0.5, 0.6) is 0 Å². The topological polar surface area (TPSA) is 48.3 Å². The van der Waals surface area contributed by atoms with Crippen molar-refractivity contribution in [2.24, 2.45) is 0 Å². The largest absolute Gasteiger partial charge is 0.449 e. The minimum absolute atomic E-state index is 0.155. The van der Waals surface area contributed by atoms with Crippen LogP contribution in [0.2, 0.25) is 0 Å². The van der Waals surface area contributed by atoms with Crippen molar-refractivity contribution in [2.75, 3.05) is 6.61 Å². The maximum Gasteiger partial charge on any atom is 0.418 e. The first-order valence-electron chi connectivity index (χ1n) is 6.51. The molecule has 4 nitrogen and oxygen atoms in total. The summed E-state index contributed by atoms with van der Waals surface area (Å²) in [6.45, 7) is 5.30. The van der Waals surface area contributed by atoms with E-state index in [1.54, 1.807) is 13.1 Å². The molecule has 0 atom stereocenters. The summed E-state index contributed by atoms with van der Waals surface area (Å²) in [7, 11) is 0. The van der Waals surface area contributed by atoms with E-state index in [4.69, 9.17) is 4.74 Å². The zero-order chi connectivity index (χ0) is 14.7. The molecule has 1 aromatic carbocycles. The first kappa shape index (κ1) is 14.1. The Balaban J connectivity index is 2.59. The van der Waals surface area contributed by atoms with Crippen LogP contribution in [0.15, 0.2) is 36.5 Å². The molecule has 1 heterocycles. The summed E-state index contributed by atoms with van der Waals surface area (Å²) < 4.78 is 6.29. The average molecular weight is 271 g/mol. The third-order valence-corrected chi connectivity index (χ3v) is 3.14. The Kier molecular flexibility index (Phi) is 4.03. The van der Waals surface area contributed by atoms with Crippen LogP contribution in [0.3, 0.4) is 0 Å². The third kappa shape index (κ3) is 2.50.